The van der Waals surface area contributed by atoms with E-state index in [1.54, 1.807) is 17.3 Å². The molecule has 0 amide bonds. The van der Waals surface area contributed by atoms with Crippen molar-refractivity contribution < 1.29 is 0 Å². The molecule has 1 aromatic rings. The van der Waals surface area contributed by atoms with Gasteiger partial charge >= 0.3 is 0 Å². The van der Waals surface area contributed by atoms with E-state index in [2.05, 4.69) is 52.2 Å². The smallest absolute Gasteiger partial charge is 0.100 e. The molecule has 0 aliphatic rings. The number of thioether (sulfide) groups is 1. The third kappa shape index (κ3) is 4.65. The summed E-state index contributed by atoms with van der Waals surface area (Å²) in [6.07, 6.45) is 9.23. The van der Waals surface area contributed by atoms with Gasteiger partial charge in [0.25, 0.3) is 0 Å². The monoisotopic (exact) mass is 315 g/mol. The highest BCUT2D eigenvalue weighted by molar-refractivity contribution is 7.98. The first-order valence-electron chi connectivity index (χ1n) is 8.42. The van der Waals surface area contributed by atoms with Crippen molar-refractivity contribution in [3.63, 3.8) is 0 Å². The van der Waals surface area contributed by atoms with Crippen molar-refractivity contribution in [2.75, 3.05) is 6.26 Å². The van der Waals surface area contributed by atoms with E-state index in [0.717, 1.165) is 16.9 Å². The maximum atomic E-state index is 9.29. The van der Waals surface area contributed by atoms with Gasteiger partial charge in [-0.3, -0.25) is 0 Å². The van der Waals surface area contributed by atoms with Crippen LogP contribution < -0.4 is 0 Å². The first-order chi connectivity index (χ1) is 10.6. The Balaban J connectivity index is 3.41. The van der Waals surface area contributed by atoms with Crippen LogP contribution in [0.4, 0.5) is 0 Å². The summed E-state index contributed by atoms with van der Waals surface area (Å²) in [6.45, 7) is 8.92. The maximum absolute atomic E-state index is 9.29. The minimum Gasteiger partial charge on any atom is -0.192 e. The zero-order chi connectivity index (χ0) is 16.5. The van der Waals surface area contributed by atoms with Crippen LogP contribution >= 0.6 is 11.8 Å². The van der Waals surface area contributed by atoms with Gasteiger partial charge in [0.2, 0.25) is 0 Å². The van der Waals surface area contributed by atoms with Gasteiger partial charge in [-0.25, -0.2) is 0 Å². The molecule has 1 nitrogen and oxygen atoms in total. The molecule has 0 saturated heterocycles. The molecule has 0 fully saturated rings. The Hall–Kier alpha value is -1.20. The quantitative estimate of drug-likeness (QED) is 0.496. The fraction of sp³-hybridized carbons (Fsp3) is 0.550. The van der Waals surface area contributed by atoms with E-state index < -0.39 is 0 Å². The molecule has 0 aliphatic carbocycles. The Kier molecular flexibility index (Phi) is 8.35. The number of nitriles is 1. The average Bonchev–Trinajstić information content (AvgIpc) is 2.53. The number of hydrogen-bond donors (Lipinski definition) is 0. The fourth-order valence-electron chi connectivity index (χ4n) is 3.02. The molecule has 2 heteroatoms. The van der Waals surface area contributed by atoms with Crippen LogP contribution in [-0.4, -0.2) is 6.26 Å². The van der Waals surface area contributed by atoms with E-state index in [1.165, 1.54) is 48.8 Å². The molecule has 0 aliphatic heterocycles. The Labute approximate surface area is 140 Å². The van der Waals surface area contributed by atoms with E-state index in [-0.39, 0.29) is 0 Å². The molecule has 0 unspecified atom stereocenters. The van der Waals surface area contributed by atoms with Crippen molar-refractivity contribution in [3.05, 3.63) is 34.4 Å². The average molecular weight is 316 g/mol. The first-order valence-corrected chi connectivity index (χ1v) is 9.65. The molecule has 0 N–H and O–H groups in total. The van der Waals surface area contributed by atoms with Gasteiger partial charge in [0, 0.05) is 4.90 Å². The number of hydrogen-bond acceptors (Lipinski definition) is 2. The lowest BCUT2D eigenvalue weighted by Crippen LogP contribution is -1.97. The number of allylic oxidation sites excluding steroid dienone is 2. The normalized spacial score (nSPS) is 12.0. The topological polar surface area (TPSA) is 23.8 Å². The van der Waals surface area contributed by atoms with Gasteiger partial charge in [0.15, 0.2) is 0 Å². The Morgan fingerprint density at radius 2 is 1.86 bits per heavy atom. The van der Waals surface area contributed by atoms with Crippen molar-refractivity contribution in [3.8, 4) is 6.07 Å². The summed E-state index contributed by atoms with van der Waals surface area (Å²) < 4.78 is 0. The standard InChI is InChI=1S/C20H29NS/c1-6-9-11-16(10-7-2)18(8-3)19-13-20(22-5)17(14-21)12-15(19)4/h12-13H,6-11H2,1-5H3/b18-16-. The summed E-state index contributed by atoms with van der Waals surface area (Å²) in [5.41, 5.74) is 6.51. The fourth-order valence-corrected chi connectivity index (χ4v) is 3.58. The highest BCUT2D eigenvalue weighted by atomic mass is 32.2. The van der Waals surface area contributed by atoms with Gasteiger partial charge in [-0.2, -0.15) is 5.26 Å². The van der Waals surface area contributed by atoms with Crippen LogP contribution in [0.3, 0.4) is 0 Å². The SMILES string of the molecule is CCCC/C(CCC)=C(/CC)c1cc(SC)c(C#N)cc1C. The highest BCUT2D eigenvalue weighted by Gasteiger charge is 2.13. The molecule has 1 rings (SSSR count). The third-order valence-electron chi connectivity index (χ3n) is 4.16. The van der Waals surface area contributed by atoms with Crippen molar-refractivity contribution in [1.29, 1.82) is 5.26 Å². The van der Waals surface area contributed by atoms with E-state index in [9.17, 15) is 5.26 Å². The number of benzene rings is 1. The molecule has 0 atom stereocenters. The maximum Gasteiger partial charge on any atom is 0.100 e. The van der Waals surface area contributed by atoms with Crippen molar-refractivity contribution >= 4 is 17.3 Å². The molecule has 0 spiro atoms. The molecule has 0 aromatic heterocycles. The van der Waals surface area contributed by atoms with Crippen LogP contribution in [0, 0.1) is 18.3 Å². The van der Waals surface area contributed by atoms with E-state index in [4.69, 9.17) is 0 Å². The minimum absolute atomic E-state index is 0.801. The van der Waals surface area contributed by atoms with Crippen molar-refractivity contribution in [2.45, 2.75) is 71.1 Å². The molecule has 0 heterocycles. The Morgan fingerprint density at radius 3 is 2.36 bits per heavy atom. The highest BCUT2D eigenvalue weighted by Crippen LogP contribution is 2.34. The zero-order valence-corrected chi connectivity index (χ0v) is 15.6. The Morgan fingerprint density at radius 1 is 1.14 bits per heavy atom. The molecule has 0 radical (unpaired) electrons. The lowest BCUT2D eigenvalue weighted by molar-refractivity contribution is 0.742. The van der Waals surface area contributed by atoms with E-state index in [0.29, 0.717) is 0 Å². The van der Waals surface area contributed by atoms with Crippen molar-refractivity contribution in [1.82, 2.24) is 0 Å². The predicted molar refractivity (Wildman–Crippen MR) is 99.3 cm³/mol. The molecule has 22 heavy (non-hydrogen) atoms. The summed E-state index contributed by atoms with van der Waals surface area (Å²) in [5, 5.41) is 9.29. The lowest BCUT2D eigenvalue weighted by Gasteiger charge is -2.18. The molecule has 0 bridgehead atoms. The van der Waals surface area contributed by atoms with E-state index in [1.807, 2.05) is 0 Å². The van der Waals surface area contributed by atoms with Crippen LogP contribution in [0.15, 0.2) is 22.6 Å². The second-order valence-corrected chi connectivity index (χ2v) is 6.62. The van der Waals surface area contributed by atoms with Crippen LogP contribution in [0.25, 0.3) is 5.57 Å². The van der Waals surface area contributed by atoms with Gasteiger partial charge in [-0.1, -0.05) is 39.2 Å². The molecule has 0 saturated carbocycles. The van der Waals surface area contributed by atoms with Gasteiger partial charge in [0.05, 0.1) is 5.56 Å². The zero-order valence-electron chi connectivity index (χ0n) is 14.8. The van der Waals surface area contributed by atoms with E-state index >= 15 is 0 Å². The van der Waals surface area contributed by atoms with Gasteiger partial charge in [-0.15, -0.1) is 11.8 Å². The summed E-state index contributed by atoms with van der Waals surface area (Å²) in [6, 6.07) is 6.61. The molecule has 1 aromatic carbocycles. The van der Waals surface area contributed by atoms with Crippen molar-refractivity contribution in [2.24, 2.45) is 0 Å². The molecular weight excluding hydrogens is 286 g/mol. The lowest BCUT2D eigenvalue weighted by atomic mass is 9.89. The summed E-state index contributed by atoms with van der Waals surface area (Å²) in [5.74, 6) is 0. The number of aryl methyl sites for hydroxylation is 1. The Bertz CT molecular complexity index is 564. The summed E-state index contributed by atoms with van der Waals surface area (Å²) in [7, 11) is 0. The van der Waals surface area contributed by atoms with Crippen LogP contribution in [-0.2, 0) is 0 Å². The van der Waals surface area contributed by atoms with Gasteiger partial charge < -0.3 is 0 Å². The third-order valence-corrected chi connectivity index (χ3v) is 4.93. The number of unbranched alkanes of at least 4 members (excludes halogenated alkanes) is 1. The molecule has 120 valence electrons. The van der Waals surface area contributed by atoms with Gasteiger partial charge in [-0.05, 0) is 67.7 Å². The van der Waals surface area contributed by atoms with Crippen LogP contribution in [0.1, 0.15) is 76.0 Å². The largest absolute Gasteiger partial charge is 0.192 e. The first kappa shape index (κ1) is 18.8. The summed E-state index contributed by atoms with van der Waals surface area (Å²) in [4.78, 5) is 1.10. The van der Waals surface area contributed by atoms with Crippen LogP contribution in [0.5, 0.6) is 0 Å². The number of rotatable bonds is 8. The minimum atomic E-state index is 0.801. The second kappa shape index (κ2) is 9.74. The molecular formula is C20H29NS. The van der Waals surface area contributed by atoms with Gasteiger partial charge in [0.1, 0.15) is 6.07 Å². The summed E-state index contributed by atoms with van der Waals surface area (Å²) >= 11 is 1.67. The number of nitrogens with zero attached hydrogens (tertiary/aromatic N) is 1. The second-order valence-electron chi connectivity index (χ2n) is 5.77. The predicted octanol–water partition coefficient (Wildman–Crippen LogP) is 6.74. The van der Waals surface area contributed by atoms with Crippen LogP contribution in [0.2, 0.25) is 0 Å².